The molecule has 6 heteroatoms. The van der Waals surface area contributed by atoms with Crippen molar-refractivity contribution in [2.24, 2.45) is 0 Å². The topological polar surface area (TPSA) is 78.9 Å². The zero-order valence-corrected chi connectivity index (χ0v) is 47.8. The highest BCUT2D eigenvalue weighted by atomic mass is 16.6. The molecule has 416 valence electrons. The third-order valence-corrected chi connectivity index (χ3v) is 14.1. The van der Waals surface area contributed by atoms with Crippen LogP contribution in [0.2, 0.25) is 0 Å². The molecule has 0 N–H and O–H groups in total. The van der Waals surface area contributed by atoms with Crippen LogP contribution in [0.3, 0.4) is 0 Å². The van der Waals surface area contributed by atoms with Gasteiger partial charge in [0.15, 0.2) is 6.10 Å². The number of hydrogen-bond donors (Lipinski definition) is 0. The van der Waals surface area contributed by atoms with Crippen LogP contribution in [0, 0.1) is 0 Å². The first-order chi connectivity index (χ1) is 35.0. The molecule has 0 radical (unpaired) electrons. The number of esters is 3. The molecular weight excluding hydrogens is 877 g/mol. The van der Waals surface area contributed by atoms with E-state index in [0.29, 0.717) is 19.3 Å². The van der Waals surface area contributed by atoms with E-state index in [4.69, 9.17) is 14.2 Å². The van der Waals surface area contributed by atoms with Crippen molar-refractivity contribution in [1.82, 2.24) is 0 Å². The fraction of sp³-hybridized carbons (Fsp3) is 0.862. The number of rotatable bonds is 58. The molecule has 0 rings (SSSR count). The van der Waals surface area contributed by atoms with Gasteiger partial charge in [0.2, 0.25) is 0 Å². The van der Waals surface area contributed by atoms with E-state index in [1.807, 2.05) is 0 Å². The van der Waals surface area contributed by atoms with E-state index in [9.17, 15) is 14.4 Å². The van der Waals surface area contributed by atoms with Gasteiger partial charge in [0.25, 0.3) is 0 Å². The van der Waals surface area contributed by atoms with Crippen molar-refractivity contribution in [2.45, 2.75) is 348 Å². The van der Waals surface area contributed by atoms with E-state index in [1.54, 1.807) is 0 Å². The Kier molecular flexibility index (Phi) is 58.2. The van der Waals surface area contributed by atoms with E-state index in [1.165, 1.54) is 225 Å². The number of unbranched alkanes of at least 4 members (excludes halogenated alkanes) is 41. The predicted molar refractivity (Wildman–Crippen MR) is 307 cm³/mol. The second-order valence-electron chi connectivity index (χ2n) is 21.3. The van der Waals surface area contributed by atoms with E-state index >= 15 is 0 Å². The van der Waals surface area contributed by atoms with Gasteiger partial charge in [0, 0.05) is 19.3 Å². The van der Waals surface area contributed by atoms with Crippen LogP contribution in [0.5, 0.6) is 0 Å². The molecule has 71 heavy (non-hydrogen) atoms. The zero-order valence-electron chi connectivity index (χ0n) is 47.8. The molecule has 0 aliphatic heterocycles. The fourth-order valence-corrected chi connectivity index (χ4v) is 9.35. The van der Waals surface area contributed by atoms with E-state index in [2.05, 4.69) is 57.2 Å². The van der Waals surface area contributed by atoms with Gasteiger partial charge in [-0.25, -0.2) is 0 Å². The van der Waals surface area contributed by atoms with Crippen LogP contribution in [0.4, 0.5) is 0 Å². The van der Waals surface area contributed by atoms with Gasteiger partial charge >= 0.3 is 17.9 Å². The monoisotopic (exact) mass is 997 g/mol. The summed E-state index contributed by atoms with van der Waals surface area (Å²) in [4.78, 5) is 38.3. The van der Waals surface area contributed by atoms with E-state index in [-0.39, 0.29) is 31.1 Å². The Bertz CT molecular complexity index is 1190. The molecule has 0 unspecified atom stereocenters. The predicted octanol–water partition coefficient (Wildman–Crippen LogP) is 21.2. The van der Waals surface area contributed by atoms with Gasteiger partial charge in [-0.2, -0.15) is 0 Å². The van der Waals surface area contributed by atoms with Gasteiger partial charge in [-0.15, -0.1) is 0 Å². The average Bonchev–Trinajstić information content (AvgIpc) is 3.37. The minimum atomic E-state index is -0.778. The maximum absolute atomic E-state index is 12.9. The summed E-state index contributed by atoms with van der Waals surface area (Å²) < 4.78 is 16.9. The molecule has 0 amide bonds. The standard InChI is InChI=1S/C65H120O6/c1-4-7-10-13-16-19-22-25-28-30-32-34-37-40-43-46-49-52-55-58-64(67)70-61-62(60-69-63(66)57-54-51-48-45-42-39-36-27-24-21-18-15-12-9-6-3)71-65(68)59-56-53-50-47-44-41-38-35-33-31-29-26-23-20-17-14-11-8-5-2/h18,21,27,30,32,36,62H,4-17,19-20,22-26,28-29,31,33-35,37-61H2,1-3H3/b21-18-,32-30-,36-27-/t62-/m1/s1. The largest absolute Gasteiger partial charge is 0.462 e. The summed E-state index contributed by atoms with van der Waals surface area (Å²) in [5.74, 6) is -0.870. The van der Waals surface area contributed by atoms with Gasteiger partial charge in [-0.3, -0.25) is 14.4 Å². The average molecular weight is 998 g/mol. The normalized spacial score (nSPS) is 12.2. The van der Waals surface area contributed by atoms with Crippen molar-refractivity contribution in [3.8, 4) is 0 Å². The molecule has 0 aliphatic rings. The fourth-order valence-electron chi connectivity index (χ4n) is 9.35. The lowest BCUT2D eigenvalue weighted by Crippen LogP contribution is -2.30. The van der Waals surface area contributed by atoms with Crippen LogP contribution < -0.4 is 0 Å². The van der Waals surface area contributed by atoms with E-state index in [0.717, 1.165) is 77.0 Å². The van der Waals surface area contributed by atoms with Crippen molar-refractivity contribution in [3.63, 3.8) is 0 Å². The Morgan fingerprint density at radius 3 is 0.817 bits per heavy atom. The Morgan fingerprint density at radius 2 is 0.507 bits per heavy atom. The molecule has 0 saturated carbocycles. The van der Waals surface area contributed by atoms with Crippen molar-refractivity contribution in [3.05, 3.63) is 36.5 Å². The van der Waals surface area contributed by atoms with Crippen LogP contribution in [-0.2, 0) is 28.6 Å². The molecular formula is C65H120O6. The Balaban J connectivity index is 4.34. The highest BCUT2D eigenvalue weighted by Crippen LogP contribution is 2.17. The van der Waals surface area contributed by atoms with Crippen molar-refractivity contribution >= 4 is 17.9 Å². The molecule has 0 fully saturated rings. The molecule has 0 aliphatic carbocycles. The summed E-state index contributed by atoms with van der Waals surface area (Å²) >= 11 is 0. The first-order valence-corrected chi connectivity index (χ1v) is 31.5. The van der Waals surface area contributed by atoms with Gasteiger partial charge in [-0.1, -0.05) is 282 Å². The molecule has 0 aromatic rings. The van der Waals surface area contributed by atoms with Crippen LogP contribution in [0.25, 0.3) is 0 Å². The van der Waals surface area contributed by atoms with E-state index < -0.39 is 6.10 Å². The van der Waals surface area contributed by atoms with Gasteiger partial charge in [0.05, 0.1) is 0 Å². The minimum Gasteiger partial charge on any atom is -0.462 e. The summed E-state index contributed by atoms with van der Waals surface area (Å²) in [6.07, 6.45) is 72.8. The number of ether oxygens (including phenoxy) is 3. The summed E-state index contributed by atoms with van der Waals surface area (Å²) in [5, 5.41) is 0. The van der Waals surface area contributed by atoms with Crippen LogP contribution >= 0.6 is 0 Å². The SMILES string of the molecule is CCCCC/C=C\C/C=C\CCCCCCCC(=O)OC[C@H](COC(=O)CCCCCCCCC/C=C\CCCCCCCCCC)OC(=O)CCCCCCCCCCCCCCCCCCCCC. The molecule has 0 bridgehead atoms. The van der Waals surface area contributed by atoms with Crippen LogP contribution in [0.15, 0.2) is 36.5 Å². The quantitative estimate of drug-likeness (QED) is 0.0261. The van der Waals surface area contributed by atoms with Crippen LogP contribution in [0.1, 0.15) is 342 Å². The second-order valence-corrected chi connectivity index (χ2v) is 21.3. The molecule has 0 spiro atoms. The third kappa shape index (κ3) is 58.4. The van der Waals surface area contributed by atoms with Crippen molar-refractivity contribution < 1.29 is 28.6 Å². The molecule has 6 nitrogen and oxygen atoms in total. The third-order valence-electron chi connectivity index (χ3n) is 14.1. The highest BCUT2D eigenvalue weighted by Gasteiger charge is 2.19. The minimum absolute atomic E-state index is 0.0751. The highest BCUT2D eigenvalue weighted by molar-refractivity contribution is 5.71. The molecule has 0 heterocycles. The Hall–Kier alpha value is -2.37. The molecule has 1 atom stereocenters. The number of allylic oxidation sites excluding steroid dienone is 6. The maximum Gasteiger partial charge on any atom is 0.306 e. The lowest BCUT2D eigenvalue weighted by molar-refractivity contribution is -0.167. The zero-order chi connectivity index (χ0) is 51.4. The lowest BCUT2D eigenvalue weighted by Gasteiger charge is -2.18. The van der Waals surface area contributed by atoms with Crippen molar-refractivity contribution in [1.29, 1.82) is 0 Å². The summed E-state index contributed by atoms with van der Waals surface area (Å²) in [5.41, 5.74) is 0. The molecule has 0 saturated heterocycles. The Labute approximate surface area is 442 Å². The molecule has 0 aromatic carbocycles. The second kappa shape index (κ2) is 60.2. The maximum atomic E-state index is 12.9. The lowest BCUT2D eigenvalue weighted by atomic mass is 10.0. The molecule has 0 aromatic heterocycles. The number of hydrogen-bond acceptors (Lipinski definition) is 6. The van der Waals surface area contributed by atoms with Gasteiger partial charge in [-0.05, 0) is 77.0 Å². The van der Waals surface area contributed by atoms with Crippen LogP contribution in [-0.4, -0.2) is 37.2 Å². The summed E-state index contributed by atoms with van der Waals surface area (Å²) in [7, 11) is 0. The summed E-state index contributed by atoms with van der Waals surface area (Å²) in [6, 6.07) is 0. The summed E-state index contributed by atoms with van der Waals surface area (Å²) in [6.45, 7) is 6.66. The first kappa shape index (κ1) is 68.6. The van der Waals surface area contributed by atoms with Gasteiger partial charge < -0.3 is 14.2 Å². The first-order valence-electron chi connectivity index (χ1n) is 31.5. The number of carbonyl (C=O) groups is 3. The number of carbonyl (C=O) groups excluding carboxylic acids is 3. The van der Waals surface area contributed by atoms with Crippen molar-refractivity contribution in [2.75, 3.05) is 13.2 Å². The smallest absolute Gasteiger partial charge is 0.306 e. The van der Waals surface area contributed by atoms with Gasteiger partial charge in [0.1, 0.15) is 13.2 Å². The Morgan fingerprint density at radius 1 is 0.282 bits per heavy atom.